The van der Waals surface area contributed by atoms with Crippen molar-refractivity contribution in [3.8, 4) is 0 Å². The Hall–Kier alpha value is -0.480. The fourth-order valence-corrected chi connectivity index (χ4v) is 2.31. The van der Waals surface area contributed by atoms with Crippen LogP contribution in [-0.2, 0) is 9.59 Å². The summed E-state index contributed by atoms with van der Waals surface area (Å²) in [6, 6.07) is 0. The molecule has 0 heterocycles. The Morgan fingerprint density at radius 3 is 1.32 bits per heavy atom. The van der Waals surface area contributed by atoms with Crippen molar-refractivity contribution >= 4 is 35.0 Å². The zero-order valence-electron chi connectivity index (χ0n) is 13.5. The molecule has 0 rings (SSSR count). The van der Waals surface area contributed by atoms with Gasteiger partial charge in [0.25, 0.3) is 0 Å². The Bertz CT molecular complexity index is 261. The van der Waals surface area contributed by atoms with Gasteiger partial charge in [0.2, 0.25) is 11.8 Å². The number of nitrogens with one attached hydrogen (secondary N) is 2. The third kappa shape index (κ3) is 15.9. The second kappa shape index (κ2) is 16.9. The fourth-order valence-electron chi connectivity index (χ4n) is 2.04. The van der Waals surface area contributed by atoms with Crippen molar-refractivity contribution in [1.29, 1.82) is 0 Å². The van der Waals surface area contributed by atoms with E-state index >= 15 is 0 Å². The second-order valence-corrected chi connectivity index (χ2v) is 6.16. The number of rotatable bonds is 15. The van der Waals surface area contributed by atoms with Crippen molar-refractivity contribution in [1.82, 2.24) is 10.6 Å². The number of hydrogen-bond donors (Lipinski definition) is 2. The van der Waals surface area contributed by atoms with Crippen molar-refractivity contribution in [2.24, 2.45) is 0 Å². The molecule has 0 spiro atoms. The summed E-state index contributed by atoms with van der Waals surface area (Å²) in [6.07, 6.45) is 9.24. The van der Waals surface area contributed by atoms with Gasteiger partial charge >= 0.3 is 0 Å². The molecule has 0 atom stereocenters. The van der Waals surface area contributed by atoms with Gasteiger partial charge in [-0.15, -0.1) is 23.2 Å². The first-order chi connectivity index (χ1) is 10.7. The molecule has 2 amide bonds. The van der Waals surface area contributed by atoms with Crippen LogP contribution in [0.5, 0.6) is 0 Å². The van der Waals surface area contributed by atoms with E-state index in [9.17, 15) is 9.59 Å². The molecule has 0 aliphatic rings. The minimum atomic E-state index is 0.102. The highest BCUT2D eigenvalue weighted by molar-refractivity contribution is 6.18. The van der Waals surface area contributed by atoms with Gasteiger partial charge in [-0.25, -0.2) is 0 Å². The second-order valence-electron chi connectivity index (χ2n) is 5.41. The Morgan fingerprint density at radius 1 is 0.591 bits per heavy atom. The monoisotopic (exact) mass is 352 g/mol. The van der Waals surface area contributed by atoms with E-state index in [1.54, 1.807) is 0 Å². The van der Waals surface area contributed by atoms with Gasteiger partial charge in [-0.05, 0) is 25.7 Å². The molecule has 130 valence electrons. The van der Waals surface area contributed by atoms with Gasteiger partial charge < -0.3 is 10.6 Å². The number of carbonyl (C=O) groups excluding carboxylic acids is 2. The molecule has 6 heteroatoms. The first-order valence-electron chi connectivity index (χ1n) is 8.36. The molecule has 0 aliphatic carbocycles. The molecule has 0 bridgehead atoms. The molecule has 0 aromatic carbocycles. The van der Waals surface area contributed by atoms with E-state index in [0.29, 0.717) is 24.6 Å². The molecule has 0 unspecified atom stereocenters. The van der Waals surface area contributed by atoms with Gasteiger partial charge in [0.1, 0.15) is 0 Å². The topological polar surface area (TPSA) is 58.2 Å². The van der Waals surface area contributed by atoms with Crippen molar-refractivity contribution in [3.63, 3.8) is 0 Å². The number of carbonyl (C=O) groups is 2. The average Bonchev–Trinajstić information content (AvgIpc) is 2.52. The first-order valence-corrected chi connectivity index (χ1v) is 9.43. The summed E-state index contributed by atoms with van der Waals surface area (Å²) in [7, 11) is 0. The zero-order chi connectivity index (χ0) is 16.5. The molecule has 0 saturated heterocycles. The fraction of sp³-hybridized carbons (Fsp3) is 0.875. The largest absolute Gasteiger partial charge is 0.356 e. The molecule has 0 aromatic rings. The average molecular weight is 353 g/mol. The van der Waals surface area contributed by atoms with Crippen LogP contribution in [0.15, 0.2) is 0 Å². The number of unbranched alkanes of at least 4 members (excludes halogenated alkanes) is 5. The van der Waals surface area contributed by atoms with Crippen LogP contribution in [0.25, 0.3) is 0 Å². The van der Waals surface area contributed by atoms with Crippen LogP contribution in [0.3, 0.4) is 0 Å². The summed E-state index contributed by atoms with van der Waals surface area (Å²) in [5.41, 5.74) is 0. The van der Waals surface area contributed by atoms with E-state index in [0.717, 1.165) is 51.6 Å². The highest BCUT2D eigenvalue weighted by atomic mass is 35.5. The van der Waals surface area contributed by atoms with Crippen molar-refractivity contribution < 1.29 is 9.59 Å². The third-order valence-corrected chi connectivity index (χ3v) is 3.86. The van der Waals surface area contributed by atoms with Crippen LogP contribution in [0.2, 0.25) is 0 Å². The highest BCUT2D eigenvalue weighted by Gasteiger charge is 2.00. The summed E-state index contributed by atoms with van der Waals surface area (Å²) in [4.78, 5) is 22.6. The third-order valence-electron chi connectivity index (χ3n) is 3.32. The predicted molar refractivity (Wildman–Crippen MR) is 93.6 cm³/mol. The van der Waals surface area contributed by atoms with Gasteiger partial charge in [-0.2, -0.15) is 0 Å². The Balaban J connectivity index is 3.17. The molecular weight excluding hydrogens is 323 g/mol. The maximum Gasteiger partial charge on any atom is 0.220 e. The Labute approximate surface area is 144 Å². The minimum Gasteiger partial charge on any atom is -0.356 e. The normalized spacial score (nSPS) is 10.5. The lowest BCUT2D eigenvalue weighted by molar-refractivity contribution is -0.121. The zero-order valence-corrected chi connectivity index (χ0v) is 15.0. The van der Waals surface area contributed by atoms with Crippen LogP contribution < -0.4 is 10.6 Å². The number of amides is 2. The molecule has 2 N–H and O–H groups in total. The standard InChI is InChI=1S/C16H30Cl2N2O2/c17-11-7-9-15(21)19-13-5-3-1-2-4-6-14-20-16(22)10-8-12-18/h1-14H2,(H,19,21)(H,20,22). The van der Waals surface area contributed by atoms with E-state index in [-0.39, 0.29) is 11.8 Å². The van der Waals surface area contributed by atoms with Gasteiger partial charge in [0.15, 0.2) is 0 Å². The van der Waals surface area contributed by atoms with E-state index in [1.807, 2.05) is 0 Å². The summed E-state index contributed by atoms with van der Waals surface area (Å²) < 4.78 is 0. The van der Waals surface area contributed by atoms with Crippen molar-refractivity contribution in [3.05, 3.63) is 0 Å². The predicted octanol–water partition coefficient (Wildman–Crippen LogP) is 3.60. The van der Waals surface area contributed by atoms with E-state index in [2.05, 4.69) is 10.6 Å². The van der Waals surface area contributed by atoms with Gasteiger partial charge in [-0.1, -0.05) is 25.7 Å². The Morgan fingerprint density at radius 2 is 0.955 bits per heavy atom. The van der Waals surface area contributed by atoms with E-state index in [1.165, 1.54) is 12.8 Å². The first kappa shape index (κ1) is 21.5. The lowest BCUT2D eigenvalue weighted by Gasteiger charge is -2.06. The Kier molecular flexibility index (Phi) is 16.5. The minimum absolute atomic E-state index is 0.102. The summed E-state index contributed by atoms with van der Waals surface area (Å²) in [5.74, 6) is 1.29. The van der Waals surface area contributed by atoms with Crippen LogP contribution in [-0.4, -0.2) is 36.7 Å². The molecule has 0 fully saturated rings. The SMILES string of the molecule is O=C(CCCCl)NCCCCCCCCNC(=O)CCCCl. The van der Waals surface area contributed by atoms with Gasteiger partial charge in [-0.3, -0.25) is 9.59 Å². The molecule has 0 aliphatic heterocycles. The molecule has 22 heavy (non-hydrogen) atoms. The van der Waals surface area contributed by atoms with Crippen molar-refractivity contribution in [2.75, 3.05) is 24.8 Å². The quantitative estimate of drug-likeness (QED) is 0.349. The maximum absolute atomic E-state index is 11.3. The lowest BCUT2D eigenvalue weighted by Crippen LogP contribution is -2.24. The highest BCUT2D eigenvalue weighted by Crippen LogP contribution is 2.04. The van der Waals surface area contributed by atoms with E-state index < -0.39 is 0 Å². The van der Waals surface area contributed by atoms with E-state index in [4.69, 9.17) is 23.2 Å². The summed E-state index contributed by atoms with van der Waals surface area (Å²) in [5, 5.41) is 5.81. The lowest BCUT2D eigenvalue weighted by atomic mass is 10.1. The van der Waals surface area contributed by atoms with Crippen LogP contribution in [0, 0.1) is 0 Å². The van der Waals surface area contributed by atoms with Gasteiger partial charge in [0.05, 0.1) is 0 Å². The van der Waals surface area contributed by atoms with Crippen LogP contribution >= 0.6 is 23.2 Å². The molecular formula is C16H30Cl2N2O2. The molecule has 0 aromatic heterocycles. The number of hydrogen-bond acceptors (Lipinski definition) is 2. The molecule has 0 radical (unpaired) electrons. The summed E-state index contributed by atoms with van der Waals surface area (Å²) >= 11 is 11.1. The molecule has 4 nitrogen and oxygen atoms in total. The van der Waals surface area contributed by atoms with Crippen LogP contribution in [0.1, 0.15) is 64.2 Å². The summed E-state index contributed by atoms with van der Waals surface area (Å²) in [6.45, 7) is 1.52. The number of halogens is 2. The number of alkyl halides is 2. The molecule has 0 saturated carbocycles. The van der Waals surface area contributed by atoms with Crippen LogP contribution in [0.4, 0.5) is 0 Å². The van der Waals surface area contributed by atoms with Gasteiger partial charge in [0, 0.05) is 37.7 Å². The van der Waals surface area contributed by atoms with Crippen molar-refractivity contribution in [2.45, 2.75) is 64.2 Å². The smallest absolute Gasteiger partial charge is 0.220 e. The maximum atomic E-state index is 11.3.